The Morgan fingerprint density at radius 1 is 1.22 bits per heavy atom. The number of rotatable bonds is 8. The van der Waals surface area contributed by atoms with Gasteiger partial charge < -0.3 is 21.1 Å². The summed E-state index contributed by atoms with van der Waals surface area (Å²) in [6, 6.07) is -1.16. The van der Waals surface area contributed by atoms with Crippen molar-refractivity contribution < 1.29 is 14.3 Å². The first-order valence-corrected chi connectivity index (χ1v) is 6.21. The largest absolute Gasteiger partial charge is 0.383 e. The van der Waals surface area contributed by atoms with E-state index in [9.17, 15) is 9.59 Å². The molecule has 18 heavy (non-hydrogen) atoms. The van der Waals surface area contributed by atoms with Crippen LogP contribution in [0.5, 0.6) is 0 Å². The molecule has 0 aliphatic heterocycles. The van der Waals surface area contributed by atoms with Gasteiger partial charge >= 0.3 is 0 Å². The van der Waals surface area contributed by atoms with Crippen LogP contribution in [0.25, 0.3) is 0 Å². The molecule has 2 amide bonds. The highest BCUT2D eigenvalue weighted by molar-refractivity contribution is 5.89. The van der Waals surface area contributed by atoms with Gasteiger partial charge in [-0.15, -0.1) is 0 Å². The van der Waals surface area contributed by atoms with Gasteiger partial charge in [-0.05, 0) is 19.3 Å². The molecule has 0 rings (SSSR count). The molecule has 2 atom stereocenters. The van der Waals surface area contributed by atoms with Gasteiger partial charge in [-0.1, -0.05) is 13.8 Å². The Bertz CT molecular complexity index is 269. The second kappa shape index (κ2) is 8.88. The first-order chi connectivity index (χ1) is 8.38. The van der Waals surface area contributed by atoms with E-state index in [1.807, 2.05) is 13.8 Å². The minimum atomic E-state index is -0.590. The fourth-order valence-corrected chi connectivity index (χ4v) is 1.43. The first-order valence-electron chi connectivity index (χ1n) is 6.21. The van der Waals surface area contributed by atoms with Crippen molar-refractivity contribution in [2.24, 2.45) is 11.7 Å². The van der Waals surface area contributed by atoms with Gasteiger partial charge in [0.05, 0.1) is 12.6 Å². The van der Waals surface area contributed by atoms with Crippen LogP contribution in [0.2, 0.25) is 0 Å². The summed E-state index contributed by atoms with van der Waals surface area (Å²) in [6.07, 6.45) is 0.601. The predicted molar refractivity (Wildman–Crippen MR) is 69.9 cm³/mol. The monoisotopic (exact) mass is 259 g/mol. The summed E-state index contributed by atoms with van der Waals surface area (Å²) < 4.78 is 4.81. The zero-order chi connectivity index (χ0) is 14.1. The van der Waals surface area contributed by atoms with Gasteiger partial charge in [0.1, 0.15) is 6.04 Å². The van der Waals surface area contributed by atoms with Crippen molar-refractivity contribution in [3.8, 4) is 0 Å². The summed E-state index contributed by atoms with van der Waals surface area (Å²) >= 11 is 0. The minimum Gasteiger partial charge on any atom is -0.383 e. The van der Waals surface area contributed by atoms with Crippen LogP contribution in [0.1, 0.15) is 27.2 Å². The first kappa shape index (κ1) is 16.9. The van der Waals surface area contributed by atoms with E-state index in [1.54, 1.807) is 14.0 Å². The quantitative estimate of drug-likeness (QED) is 0.518. The Morgan fingerprint density at radius 2 is 1.83 bits per heavy atom. The average molecular weight is 259 g/mol. The van der Waals surface area contributed by atoms with Crippen LogP contribution in [0.15, 0.2) is 0 Å². The molecule has 0 radical (unpaired) electrons. The van der Waals surface area contributed by atoms with E-state index in [0.717, 1.165) is 0 Å². The lowest BCUT2D eigenvalue weighted by Crippen LogP contribution is -2.50. The third-order valence-electron chi connectivity index (χ3n) is 2.42. The van der Waals surface area contributed by atoms with Crippen LogP contribution in [0, 0.1) is 5.92 Å². The highest BCUT2D eigenvalue weighted by atomic mass is 16.5. The second-order valence-electron chi connectivity index (χ2n) is 4.75. The number of nitrogens with one attached hydrogen (secondary N) is 2. The van der Waals surface area contributed by atoms with E-state index < -0.39 is 12.1 Å². The van der Waals surface area contributed by atoms with Crippen molar-refractivity contribution in [1.82, 2.24) is 10.6 Å². The lowest BCUT2D eigenvalue weighted by atomic mass is 10.0. The Balaban J connectivity index is 4.02. The topological polar surface area (TPSA) is 93.5 Å². The molecule has 4 N–H and O–H groups in total. The van der Waals surface area contributed by atoms with E-state index in [-0.39, 0.29) is 11.8 Å². The van der Waals surface area contributed by atoms with Crippen molar-refractivity contribution in [1.29, 1.82) is 0 Å². The summed E-state index contributed by atoms with van der Waals surface area (Å²) in [5.74, 6) is -0.188. The normalized spacial score (nSPS) is 14.1. The molecule has 106 valence electrons. The highest BCUT2D eigenvalue weighted by Crippen LogP contribution is 2.02. The molecule has 0 aliphatic carbocycles. The zero-order valence-electron chi connectivity index (χ0n) is 11.7. The van der Waals surface area contributed by atoms with Crippen LogP contribution in [-0.4, -0.2) is 44.2 Å². The Labute approximate surface area is 109 Å². The maximum atomic E-state index is 11.7. The van der Waals surface area contributed by atoms with E-state index in [4.69, 9.17) is 10.5 Å². The molecule has 6 heteroatoms. The predicted octanol–water partition coefficient (Wildman–Crippen LogP) is -0.373. The summed E-state index contributed by atoms with van der Waals surface area (Å²) in [5, 5.41) is 5.24. The van der Waals surface area contributed by atoms with Gasteiger partial charge in [-0.3, -0.25) is 9.59 Å². The van der Waals surface area contributed by atoms with Gasteiger partial charge in [0, 0.05) is 13.7 Å². The van der Waals surface area contributed by atoms with E-state index in [1.165, 1.54) is 0 Å². The molecule has 0 spiro atoms. The van der Waals surface area contributed by atoms with Gasteiger partial charge in [-0.25, -0.2) is 0 Å². The molecule has 0 saturated carbocycles. The Kier molecular flexibility index (Phi) is 8.32. The summed E-state index contributed by atoms with van der Waals surface area (Å²) in [7, 11) is 1.56. The number of amides is 2. The van der Waals surface area contributed by atoms with Crippen molar-refractivity contribution in [3.63, 3.8) is 0 Å². The molecular weight excluding hydrogens is 234 g/mol. The lowest BCUT2D eigenvalue weighted by Gasteiger charge is -2.18. The molecule has 0 bridgehead atoms. The van der Waals surface area contributed by atoms with Crippen LogP contribution in [-0.2, 0) is 14.3 Å². The molecule has 0 aromatic heterocycles. The third-order valence-corrected chi connectivity index (χ3v) is 2.42. The fraction of sp³-hybridized carbons (Fsp3) is 0.833. The van der Waals surface area contributed by atoms with Crippen LogP contribution >= 0.6 is 0 Å². The maximum absolute atomic E-state index is 11.7. The van der Waals surface area contributed by atoms with E-state index in [0.29, 0.717) is 25.5 Å². The average Bonchev–Trinajstić information content (AvgIpc) is 2.28. The van der Waals surface area contributed by atoms with Gasteiger partial charge in [-0.2, -0.15) is 0 Å². The minimum absolute atomic E-state index is 0.239. The van der Waals surface area contributed by atoms with Gasteiger partial charge in [0.15, 0.2) is 0 Å². The number of carbonyl (C=O) groups excluding carboxylic acids is 2. The molecule has 0 aromatic rings. The number of methoxy groups -OCH3 is 1. The number of hydrogen-bond donors (Lipinski definition) is 3. The Hall–Kier alpha value is -1.14. The molecule has 0 aliphatic rings. The van der Waals surface area contributed by atoms with Crippen molar-refractivity contribution >= 4 is 11.8 Å². The van der Waals surface area contributed by atoms with Crippen molar-refractivity contribution in [2.45, 2.75) is 39.3 Å². The number of ether oxygens (including phenoxy) is 1. The van der Waals surface area contributed by atoms with E-state index >= 15 is 0 Å². The fourth-order valence-electron chi connectivity index (χ4n) is 1.43. The zero-order valence-corrected chi connectivity index (χ0v) is 11.7. The number of nitrogens with two attached hydrogens (primary N) is 1. The summed E-state index contributed by atoms with van der Waals surface area (Å²) in [6.45, 7) is 6.48. The maximum Gasteiger partial charge on any atom is 0.242 e. The molecule has 0 heterocycles. The highest BCUT2D eigenvalue weighted by Gasteiger charge is 2.20. The molecule has 0 fully saturated rings. The van der Waals surface area contributed by atoms with Crippen molar-refractivity contribution in [3.05, 3.63) is 0 Å². The molecular formula is C12H25N3O3. The SMILES string of the molecule is COCCNC(=O)C(C)NC(=O)[C@@H](N)CC(C)C. The molecule has 0 saturated heterocycles. The molecule has 6 nitrogen and oxygen atoms in total. The van der Waals surface area contributed by atoms with Crippen LogP contribution in [0.3, 0.4) is 0 Å². The lowest BCUT2D eigenvalue weighted by molar-refractivity contribution is -0.129. The van der Waals surface area contributed by atoms with Crippen LogP contribution < -0.4 is 16.4 Å². The van der Waals surface area contributed by atoms with Crippen molar-refractivity contribution in [2.75, 3.05) is 20.3 Å². The van der Waals surface area contributed by atoms with E-state index in [2.05, 4.69) is 10.6 Å². The second-order valence-corrected chi connectivity index (χ2v) is 4.75. The van der Waals surface area contributed by atoms with Crippen LogP contribution in [0.4, 0.5) is 0 Å². The number of carbonyl (C=O) groups is 2. The number of hydrogen-bond acceptors (Lipinski definition) is 4. The third kappa shape index (κ3) is 7.24. The smallest absolute Gasteiger partial charge is 0.242 e. The Morgan fingerprint density at radius 3 is 2.33 bits per heavy atom. The summed E-state index contributed by atoms with van der Waals surface area (Å²) in [5.41, 5.74) is 5.72. The standard InChI is InChI=1S/C12H25N3O3/c1-8(2)7-10(13)12(17)15-9(3)11(16)14-5-6-18-4/h8-10H,5-7,13H2,1-4H3,(H,14,16)(H,15,17)/t9?,10-/m0/s1. The summed E-state index contributed by atoms with van der Waals surface area (Å²) in [4.78, 5) is 23.3. The molecule has 0 aromatic carbocycles. The molecule has 1 unspecified atom stereocenters. The van der Waals surface area contributed by atoms with Gasteiger partial charge in [0.25, 0.3) is 0 Å². The van der Waals surface area contributed by atoms with Gasteiger partial charge in [0.2, 0.25) is 11.8 Å².